The number of carbonyl (C=O) groups excluding carboxylic acids is 2. The van der Waals surface area contributed by atoms with E-state index in [1.807, 2.05) is 0 Å². The van der Waals surface area contributed by atoms with Crippen molar-refractivity contribution < 1.29 is 14.0 Å². The predicted molar refractivity (Wildman–Crippen MR) is 44.9 cm³/mol. The highest BCUT2D eigenvalue weighted by atomic mass is 19.1. The summed E-state index contributed by atoms with van der Waals surface area (Å²) in [5, 5.41) is 2.42. The molecule has 1 heterocycles. The van der Waals surface area contributed by atoms with Crippen molar-refractivity contribution in [1.29, 1.82) is 0 Å². The van der Waals surface area contributed by atoms with Crippen molar-refractivity contribution in [3.8, 4) is 0 Å². The lowest BCUT2D eigenvalue weighted by molar-refractivity contribution is -0.127. The van der Waals surface area contributed by atoms with E-state index in [2.05, 4.69) is 5.32 Å². The summed E-state index contributed by atoms with van der Waals surface area (Å²) in [5.41, 5.74) is 0. The molecule has 4 nitrogen and oxygen atoms in total. The van der Waals surface area contributed by atoms with E-state index < -0.39 is 18.2 Å². The normalized spacial score (nSPS) is 24.8. The van der Waals surface area contributed by atoms with Crippen molar-refractivity contribution in [2.24, 2.45) is 0 Å². The van der Waals surface area contributed by atoms with Crippen LogP contribution in [0.2, 0.25) is 0 Å². The van der Waals surface area contributed by atoms with Crippen LogP contribution in [0, 0.1) is 0 Å². The number of hydrogen-bond acceptors (Lipinski definition) is 2. The first kappa shape index (κ1) is 9.95. The molecular weight excluding hydrogens is 175 g/mol. The third-order valence-corrected chi connectivity index (χ3v) is 2.05. The van der Waals surface area contributed by atoms with Crippen molar-refractivity contribution >= 4 is 11.9 Å². The Morgan fingerprint density at radius 1 is 1.62 bits per heavy atom. The molecule has 0 aromatic rings. The molecular formula is C8H13FN2O2. The average Bonchev–Trinajstić information content (AvgIpc) is 2.32. The standard InChI is InChI=1S/C8H13FN2O2/c1-3-6(9)4-11-7(12)5(2)10-8(11)13/h5-6H,3-4H2,1-2H3,(H,10,13). The molecule has 1 fully saturated rings. The van der Waals surface area contributed by atoms with Crippen molar-refractivity contribution in [2.45, 2.75) is 32.5 Å². The molecule has 74 valence electrons. The topological polar surface area (TPSA) is 49.4 Å². The largest absolute Gasteiger partial charge is 0.326 e. The van der Waals surface area contributed by atoms with Gasteiger partial charge in [-0.1, -0.05) is 6.92 Å². The second kappa shape index (κ2) is 3.72. The van der Waals surface area contributed by atoms with Gasteiger partial charge in [-0.3, -0.25) is 9.69 Å². The summed E-state index contributed by atoms with van der Waals surface area (Å²) in [6.45, 7) is 3.12. The van der Waals surface area contributed by atoms with Crippen LogP contribution in [0.15, 0.2) is 0 Å². The van der Waals surface area contributed by atoms with Crippen LogP contribution >= 0.6 is 0 Å². The Morgan fingerprint density at radius 2 is 2.23 bits per heavy atom. The third kappa shape index (κ3) is 1.96. The van der Waals surface area contributed by atoms with Crippen LogP contribution in [0.25, 0.3) is 0 Å². The Hall–Kier alpha value is -1.13. The minimum Gasteiger partial charge on any atom is -0.326 e. The molecule has 3 amide bonds. The maximum absolute atomic E-state index is 12.9. The highest BCUT2D eigenvalue weighted by molar-refractivity contribution is 6.03. The van der Waals surface area contributed by atoms with Gasteiger partial charge in [0.05, 0.1) is 6.54 Å². The molecule has 0 spiro atoms. The van der Waals surface area contributed by atoms with E-state index >= 15 is 0 Å². The zero-order valence-electron chi connectivity index (χ0n) is 7.71. The molecule has 0 aromatic carbocycles. The Morgan fingerprint density at radius 3 is 2.62 bits per heavy atom. The number of alkyl halides is 1. The number of imide groups is 1. The molecule has 5 heteroatoms. The summed E-state index contributed by atoms with van der Waals surface area (Å²) in [6.07, 6.45) is -0.814. The van der Waals surface area contributed by atoms with Crippen LogP contribution in [0.3, 0.4) is 0 Å². The van der Waals surface area contributed by atoms with E-state index in [0.717, 1.165) is 4.90 Å². The van der Waals surface area contributed by atoms with Crippen LogP contribution in [0.5, 0.6) is 0 Å². The van der Waals surface area contributed by atoms with Crippen LogP contribution in [-0.2, 0) is 4.79 Å². The van der Waals surface area contributed by atoms with Crippen LogP contribution in [0.1, 0.15) is 20.3 Å². The number of amides is 3. The lowest BCUT2D eigenvalue weighted by atomic mass is 10.2. The van der Waals surface area contributed by atoms with Crippen molar-refractivity contribution in [2.75, 3.05) is 6.54 Å². The zero-order valence-corrected chi connectivity index (χ0v) is 7.71. The third-order valence-electron chi connectivity index (χ3n) is 2.05. The van der Waals surface area contributed by atoms with Gasteiger partial charge in [-0.05, 0) is 13.3 Å². The highest BCUT2D eigenvalue weighted by Crippen LogP contribution is 2.09. The Balaban J connectivity index is 2.59. The SMILES string of the molecule is CCC(F)CN1C(=O)NC(C)C1=O. The number of halogens is 1. The summed E-state index contributed by atoms with van der Waals surface area (Å²) in [4.78, 5) is 23.2. The number of carbonyl (C=O) groups is 2. The summed E-state index contributed by atoms with van der Waals surface area (Å²) in [5.74, 6) is -0.346. The summed E-state index contributed by atoms with van der Waals surface area (Å²) >= 11 is 0. The Kier molecular flexibility index (Phi) is 2.85. The van der Waals surface area contributed by atoms with E-state index in [1.54, 1.807) is 13.8 Å². The smallest absolute Gasteiger partial charge is 0.324 e. The number of urea groups is 1. The number of rotatable bonds is 3. The first-order chi connectivity index (χ1) is 6.06. The molecule has 0 saturated carbocycles. The first-order valence-electron chi connectivity index (χ1n) is 4.32. The van der Waals surface area contributed by atoms with Gasteiger partial charge in [0.1, 0.15) is 12.2 Å². The second-order valence-electron chi connectivity index (χ2n) is 3.13. The first-order valence-corrected chi connectivity index (χ1v) is 4.32. The fourth-order valence-electron chi connectivity index (χ4n) is 1.16. The molecule has 1 aliphatic rings. The van der Waals surface area contributed by atoms with Gasteiger partial charge in [0.25, 0.3) is 5.91 Å². The van der Waals surface area contributed by atoms with Crippen LogP contribution < -0.4 is 5.32 Å². The molecule has 2 atom stereocenters. The molecule has 1 saturated heterocycles. The van der Waals surface area contributed by atoms with Gasteiger partial charge in [-0.25, -0.2) is 9.18 Å². The van der Waals surface area contributed by atoms with Gasteiger partial charge in [0, 0.05) is 0 Å². The molecule has 1 aliphatic heterocycles. The summed E-state index contributed by atoms with van der Waals surface area (Å²) in [7, 11) is 0. The summed E-state index contributed by atoms with van der Waals surface area (Å²) in [6, 6.07) is -1.01. The molecule has 1 rings (SSSR count). The van der Waals surface area contributed by atoms with Gasteiger partial charge < -0.3 is 5.32 Å². The fraction of sp³-hybridized carbons (Fsp3) is 0.750. The highest BCUT2D eigenvalue weighted by Gasteiger charge is 2.35. The Labute approximate surface area is 76.1 Å². The van der Waals surface area contributed by atoms with Crippen molar-refractivity contribution in [1.82, 2.24) is 10.2 Å². The minimum atomic E-state index is -1.13. The fourth-order valence-corrected chi connectivity index (χ4v) is 1.16. The predicted octanol–water partition coefficient (Wildman–Crippen LogP) is 0.675. The van der Waals surface area contributed by atoms with Gasteiger partial charge in [-0.2, -0.15) is 0 Å². The lowest BCUT2D eigenvalue weighted by Gasteiger charge is -2.14. The van der Waals surface area contributed by atoms with Crippen LogP contribution in [0.4, 0.5) is 9.18 Å². The van der Waals surface area contributed by atoms with E-state index in [4.69, 9.17) is 0 Å². The maximum Gasteiger partial charge on any atom is 0.324 e. The molecule has 13 heavy (non-hydrogen) atoms. The number of hydrogen-bond donors (Lipinski definition) is 1. The van der Waals surface area contributed by atoms with Gasteiger partial charge in [-0.15, -0.1) is 0 Å². The Bertz CT molecular complexity index is 232. The lowest BCUT2D eigenvalue weighted by Crippen LogP contribution is -2.36. The zero-order chi connectivity index (χ0) is 10.0. The van der Waals surface area contributed by atoms with Gasteiger partial charge in [0.15, 0.2) is 0 Å². The molecule has 1 N–H and O–H groups in total. The molecule has 0 aliphatic carbocycles. The molecule has 0 bridgehead atoms. The van der Waals surface area contributed by atoms with Crippen molar-refractivity contribution in [3.05, 3.63) is 0 Å². The van der Waals surface area contributed by atoms with E-state index in [-0.39, 0.29) is 12.5 Å². The van der Waals surface area contributed by atoms with E-state index in [1.165, 1.54) is 0 Å². The van der Waals surface area contributed by atoms with E-state index in [9.17, 15) is 14.0 Å². The number of nitrogens with zero attached hydrogens (tertiary/aromatic N) is 1. The second-order valence-corrected chi connectivity index (χ2v) is 3.13. The molecule has 0 aromatic heterocycles. The molecule has 2 unspecified atom stereocenters. The number of nitrogens with one attached hydrogen (secondary N) is 1. The van der Waals surface area contributed by atoms with Crippen molar-refractivity contribution in [3.63, 3.8) is 0 Å². The average molecular weight is 188 g/mol. The summed E-state index contributed by atoms with van der Waals surface area (Å²) < 4.78 is 12.9. The minimum absolute atomic E-state index is 0.133. The van der Waals surface area contributed by atoms with E-state index in [0.29, 0.717) is 6.42 Å². The van der Waals surface area contributed by atoms with Gasteiger partial charge in [0.2, 0.25) is 0 Å². The monoisotopic (exact) mass is 188 g/mol. The molecule has 0 radical (unpaired) electrons. The quantitative estimate of drug-likeness (QED) is 0.662. The van der Waals surface area contributed by atoms with Crippen LogP contribution in [-0.4, -0.2) is 35.6 Å². The van der Waals surface area contributed by atoms with Gasteiger partial charge >= 0.3 is 6.03 Å². The maximum atomic E-state index is 12.9.